The van der Waals surface area contributed by atoms with Gasteiger partial charge in [0.15, 0.2) is 0 Å². The highest BCUT2D eigenvalue weighted by Crippen LogP contribution is 2.34. The van der Waals surface area contributed by atoms with Crippen molar-refractivity contribution in [1.29, 1.82) is 0 Å². The van der Waals surface area contributed by atoms with Crippen LogP contribution in [0.1, 0.15) is 32.1 Å². The Kier molecular flexibility index (Phi) is 5.05. The number of amides is 1. The molecule has 0 atom stereocenters. The van der Waals surface area contributed by atoms with Crippen molar-refractivity contribution in [1.82, 2.24) is 5.32 Å². The number of hydrogen-bond acceptors (Lipinski definition) is 3. The lowest BCUT2D eigenvalue weighted by molar-refractivity contribution is -0.125. The molecule has 88 valence electrons. The van der Waals surface area contributed by atoms with Crippen LogP contribution in [-0.2, 0) is 9.53 Å². The first-order chi connectivity index (χ1) is 7.22. The fourth-order valence-corrected chi connectivity index (χ4v) is 2.22. The monoisotopic (exact) mass is 214 g/mol. The lowest BCUT2D eigenvalue weighted by Gasteiger charge is -2.36. The second-order valence-corrected chi connectivity index (χ2v) is 4.47. The molecule has 3 N–H and O–H groups in total. The summed E-state index contributed by atoms with van der Waals surface area (Å²) in [5, 5.41) is 2.90. The Morgan fingerprint density at radius 3 is 2.60 bits per heavy atom. The van der Waals surface area contributed by atoms with Gasteiger partial charge in [-0.15, -0.1) is 0 Å². The Balaban J connectivity index is 2.35. The lowest BCUT2D eigenvalue weighted by atomic mass is 9.74. The average molecular weight is 214 g/mol. The van der Waals surface area contributed by atoms with E-state index in [1.165, 1.54) is 26.4 Å². The molecule has 1 rings (SSSR count). The van der Waals surface area contributed by atoms with Gasteiger partial charge in [0.25, 0.3) is 0 Å². The van der Waals surface area contributed by atoms with Gasteiger partial charge in [-0.25, -0.2) is 0 Å². The van der Waals surface area contributed by atoms with Crippen molar-refractivity contribution in [2.75, 3.05) is 26.8 Å². The minimum atomic E-state index is -0.0455. The normalized spacial score (nSPS) is 19.9. The molecular formula is C11H22N2O2. The average Bonchev–Trinajstić information content (AvgIpc) is 2.28. The number of ether oxygens (including phenoxy) is 1. The van der Waals surface area contributed by atoms with Crippen LogP contribution in [0.5, 0.6) is 0 Å². The zero-order valence-electron chi connectivity index (χ0n) is 9.55. The molecule has 0 radical (unpaired) electrons. The van der Waals surface area contributed by atoms with E-state index in [4.69, 9.17) is 10.5 Å². The van der Waals surface area contributed by atoms with Crippen LogP contribution in [0.25, 0.3) is 0 Å². The van der Waals surface area contributed by atoms with Gasteiger partial charge in [-0.1, -0.05) is 19.3 Å². The number of carbonyl (C=O) groups excluding carboxylic acids is 1. The summed E-state index contributed by atoms with van der Waals surface area (Å²) in [6.45, 7) is 1.51. The highest BCUT2D eigenvalue weighted by atomic mass is 16.5. The molecule has 0 aromatic rings. The molecule has 1 amide bonds. The zero-order valence-corrected chi connectivity index (χ0v) is 9.55. The quantitative estimate of drug-likeness (QED) is 0.706. The van der Waals surface area contributed by atoms with Gasteiger partial charge in [0.2, 0.25) is 5.91 Å². The van der Waals surface area contributed by atoms with Crippen molar-refractivity contribution < 1.29 is 9.53 Å². The summed E-state index contributed by atoms with van der Waals surface area (Å²) in [7, 11) is 1.53. The third-order valence-electron chi connectivity index (χ3n) is 3.28. The van der Waals surface area contributed by atoms with Gasteiger partial charge in [-0.3, -0.25) is 4.79 Å². The van der Waals surface area contributed by atoms with Crippen LogP contribution in [0.2, 0.25) is 0 Å². The first kappa shape index (κ1) is 12.5. The molecule has 0 spiro atoms. The van der Waals surface area contributed by atoms with E-state index in [1.54, 1.807) is 0 Å². The Hall–Kier alpha value is -0.610. The molecule has 0 bridgehead atoms. The molecule has 0 aromatic heterocycles. The number of carbonyl (C=O) groups is 1. The van der Waals surface area contributed by atoms with Crippen molar-refractivity contribution in [2.45, 2.75) is 32.1 Å². The number of rotatable bonds is 5. The third-order valence-corrected chi connectivity index (χ3v) is 3.28. The zero-order chi connectivity index (χ0) is 11.1. The summed E-state index contributed by atoms with van der Waals surface area (Å²) in [5.74, 6) is -0.0455. The van der Waals surface area contributed by atoms with Crippen LogP contribution in [0.4, 0.5) is 0 Å². The first-order valence-corrected chi connectivity index (χ1v) is 5.68. The predicted molar refractivity (Wildman–Crippen MR) is 59.5 cm³/mol. The second kappa shape index (κ2) is 6.08. The molecule has 0 heterocycles. The fourth-order valence-electron chi connectivity index (χ4n) is 2.22. The van der Waals surface area contributed by atoms with Gasteiger partial charge >= 0.3 is 0 Å². The molecular weight excluding hydrogens is 192 g/mol. The van der Waals surface area contributed by atoms with E-state index in [-0.39, 0.29) is 17.9 Å². The molecule has 0 aromatic carbocycles. The van der Waals surface area contributed by atoms with Crippen LogP contribution >= 0.6 is 0 Å². The number of nitrogens with one attached hydrogen (secondary N) is 1. The summed E-state index contributed by atoms with van der Waals surface area (Å²) >= 11 is 0. The molecule has 0 aliphatic heterocycles. The van der Waals surface area contributed by atoms with Gasteiger partial charge in [-0.05, 0) is 24.8 Å². The van der Waals surface area contributed by atoms with E-state index >= 15 is 0 Å². The van der Waals surface area contributed by atoms with Crippen molar-refractivity contribution in [3.8, 4) is 0 Å². The lowest BCUT2D eigenvalue weighted by Crippen LogP contribution is -2.44. The largest absolute Gasteiger partial charge is 0.375 e. The molecule has 4 nitrogen and oxygen atoms in total. The summed E-state index contributed by atoms with van der Waals surface area (Å²) in [6, 6.07) is 0. The summed E-state index contributed by atoms with van der Waals surface area (Å²) in [5.41, 5.74) is 5.96. The number of methoxy groups -OCH3 is 1. The smallest absolute Gasteiger partial charge is 0.246 e. The van der Waals surface area contributed by atoms with E-state index in [0.29, 0.717) is 13.1 Å². The third kappa shape index (κ3) is 3.80. The molecule has 1 fully saturated rings. The molecule has 15 heavy (non-hydrogen) atoms. The number of nitrogens with two attached hydrogens (primary N) is 1. The van der Waals surface area contributed by atoms with Gasteiger partial charge in [-0.2, -0.15) is 0 Å². The van der Waals surface area contributed by atoms with Crippen molar-refractivity contribution in [3.63, 3.8) is 0 Å². The molecule has 1 aliphatic rings. The van der Waals surface area contributed by atoms with Crippen molar-refractivity contribution in [2.24, 2.45) is 11.1 Å². The minimum Gasteiger partial charge on any atom is -0.375 e. The second-order valence-electron chi connectivity index (χ2n) is 4.47. The van der Waals surface area contributed by atoms with E-state index in [0.717, 1.165) is 12.8 Å². The molecule has 1 saturated carbocycles. The standard InChI is InChI=1S/C11H22N2O2/c1-15-7-10(14)13-9-11(8-12)5-3-2-4-6-11/h2-9,12H2,1H3,(H,13,14). The SMILES string of the molecule is COCC(=O)NCC1(CN)CCCCC1. The van der Waals surface area contributed by atoms with E-state index < -0.39 is 0 Å². The maximum Gasteiger partial charge on any atom is 0.246 e. The van der Waals surface area contributed by atoms with Crippen molar-refractivity contribution >= 4 is 5.91 Å². The van der Waals surface area contributed by atoms with Crippen LogP contribution in [0.3, 0.4) is 0 Å². The Morgan fingerprint density at radius 1 is 1.40 bits per heavy atom. The Morgan fingerprint density at radius 2 is 2.07 bits per heavy atom. The highest BCUT2D eigenvalue weighted by Gasteiger charge is 2.30. The van der Waals surface area contributed by atoms with E-state index in [1.807, 2.05) is 0 Å². The molecule has 4 heteroatoms. The van der Waals surface area contributed by atoms with Crippen LogP contribution in [0, 0.1) is 5.41 Å². The summed E-state index contributed by atoms with van der Waals surface area (Å²) < 4.78 is 4.77. The van der Waals surface area contributed by atoms with Crippen LogP contribution in [-0.4, -0.2) is 32.7 Å². The maximum atomic E-state index is 11.3. The van der Waals surface area contributed by atoms with Gasteiger partial charge in [0.05, 0.1) is 0 Å². The van der Waals surface area contributed by atoms with Crippen LogP contribution < -0.4 is 11.1 Å². The Labute approximate surface area is 91.5 Å². The van der Waals surface area contributed by atoms with Gasteiger partial charge in [0.1, 0.15) is 6.61 Å². The number of hydrogen-bond donors (Lipinski definition) is 2. The molecule has 0 unspecified atom stereocenters. The fraction of sp³-hybridized carbons (Fsp3) is 0.909. The highest BCUT2D eigenvalue weighted by molar-refractivity contribution is 5.77. The first-order valence-electron chi connectivity index (χ1n) is 5.68. The Bertz CT molecular complexity index is 201. The minimum absolute atomic E-state index is 0.0455. The van der Waals surface area contributed by atoms with Crippen molar-refractivity contribution in [3.05, 3.63) is 0 Å². The van der Waals surface area contributed by atoms with Crippen LogP contribution in [0.15, 0.2) is 0 Å². The van der Waals surface area contributed by atoms with E-state index in [2.05, 4.69) is 5.32 Å². The van der Waals surface area contributed by atoms with Gasteiger partial charge in [0, 0.05) is 13.7 Å². The maximum absolute atomic E-state index is 11.3. The molecule has 0 saturated heterocycles. The predicted octanol–water partition coefficient (Wildman–Crippen LogP) is 0.658. The summed E-state index contributed by atoms with van der Waals surface area (Å²) in [4.78, 5) is 11.3. The van der Waals surface area contributed by atoms with E-state index in [9.17, 15) is 4.79 Å². The summed E-state index contributed by atoms with van der Waals surface area (Å²) in [6.07, 6.45) is 6.04. The topological polar surface area (TPSA) is 64.3 Å². The van der Waals surface area contributed by atoms with Gasteiger partial charge < -0.3 is 15.8 Å². The molecule has 1 aliphatic carbocycles.